The standard InChI is InChI=1S/C12H16F4N2O/c1-11(2,3)18-6-8-4-9(13)10(17-5-8)19-7-12(14,15)16/h4-5,18H,6-7H2,1-3H3/p+1. The lowest BCUT2D eigenvalue weighted by Gasteiger charge is -2.16. The first-order chi connectivity index (χ1) is 8.57. The summed E-state index contributed by atoms with van der Waals surface area (Å²) >= 11 is 0. The van der Waals surface area contributed by atoms with Gasteiger partial charge in [0.15, 0.2) is 12.4 Å². The molecule has 1 aromatic heterocycles. The second-order valence-corrected chi connectivity index (χ2v) is 5.31. The molecule has 0 saturated heterocycles. The van der Waals surface area contributed by atoms with E-state index in [1.165, 1.54) is 6.20 Å². The lowest BCUT2D eigenvalue weighted by atomic mass is 10.1. The van der Waals surface area contributed by atoms with E-state index >= 15 is 0 Å². The molecule has 1 aromatic rings. The fourth-order valence-electron chi connectivity index (χ4n) is 1.26. The van der Waals surface area contributed by atoms with Gasteiger partial charge in [0, 0.05) is 11.8 Å². The molecule has 0 amide bonds. The van der Waals surface area contributed by atoms with E-state index in [9.17, 15) is 17.6 Å². The Kier molecular flexibility index (Phi) is 4.73. The summed E-state index contributed by atoms with van der Waals surface area (Å²) in [6.07, 6.45) is -3.19. The SMILES string of the molecule is CC(C)(C)[NH2+]Cc1cnc(OCC(F)(F)F)c(F)c1. The summed E-state index contributed by atoms with van der Waals surface area (Å²) in [6, 6.07) is 1.14. The second-order valence-electron chi connectivity index (χ2n) is 5.31. The fraction of sp³-hybridized carbons (Fsp3) is 0.583. The molecular weight excluding hydrogens is 264 g/mol. The van der Waals surface area contributed by atoms with Gasteiger partial charge in [-0.05, 0) is 26.8 Å². The van der Waals surface area contributed by atoms with Crippen LogP contribution in [0.1, 0.15) is 26.3 Å². The second kappa shape index (κ2) is 5.73. The van der Waals surface area contributed by atoms with Crippen LogP contribution < -0.4 is 10.1 Å². The van der Waals surface area contributed by atoms with Gasteiger partial charge < -0.3 is 10.1 Å². The maximum absolute atomic E-state index is 13.5. The van der Waals surface area contributed by atoms with Crippen LogP contribution in [0.4, 0.5) is 17.6 Å². The Morgan fingerprint density at radius 3 is 2.37 bits per heavy atom. The third-order valence-corrected chi connectivity index (χ3v) is 2.19. The zero-order valence-electron chi connectivity index (χ0n) is 11.0. The van der Waals surface area contributed by atoms with Crippen molar-refractivity contribution >= 4 is 0 Å². The van der Waals surface area contributed by atoms with Crippen LogP contribution in [0.2, 0.25) is 0 Å². The van der Waals surface area contributed by atoms with Gasteiger partial charge in [-0.15, -0.1) is 0 Å². The molecule has 0 bridgehead atoms. The number of nitrogens with two attached hydrogens (primary N) is 1. The maximum Gasteiger partial charge on any atom is 0.422 e. The van der Waals surface area contributed by atoms with Crippen molar-refractivity contribution < 1.29 is 27.6 Å². The lowest BCUT2D eigenvalue weighted by Crippen LogP contribution is -2.92. The topological polar surface area (TPSA) is 38.7 Å². The molecule has 0 aliphatic carbocycles. The minimum atomic E-state index is -4.51. The first kappa shape index (κ1) is 15.7. The van der Waals surface area contributed by atoms with E-state index in [0.29, 0.717) is 12.1 Å². The summed E-state index contributed by atoms with van der Waals surface area (Å²) in [6.45, 7) is 4.93. The van der Waals surface area contributed by atoms with Crippen LogP contribution in [-0.4, -0.2) is 23.3 Å². The Morgan fingerprint density at radius 2 is 1.89 bits per heavy atom. The van der Waals surface area contributed by atoms with Gasteiger partial charge in [-0.3, -0.25) is 0 Å². The predicted molar refractivity (Wildman–Crippen MR) is 61.1 cm³/mol. The Morgan fingerprint density at radius 1 is 1.26 bits per heavy atom. The van der Waals surface area contributed by atoms with Crippen LogP contribution in [0.5, 0.6) is 5.88 Å². The molecule has 0 aliphatic rings. The highest BCUT2D eigenvalue weighted by Crippen LogP contribution is 2.19. The van der Waals surface area contributed by atoms with Crippen molar-refractivity contribution in [2.45, 2.75) is 39.0 Å². The molecule has 1 rings (SSSR count). The zero-order chi connectivity index (χ0) is 14.7. The van der Waals surface area contributed by atoms with Crippen LogP contribution in [0, 0.1) is 5.82 Å². The van der Waals surface area contributed by atoms with Gasteiger partial charge in [-0.2, -0.15) is 13.2 Å². The predicted octanol–water partition coefficient (Wildman–Crippen LogP) is 2.02. The van der Waals surface area contributed by atoms with E-state index < -0.39 is 24.5 Å². The molecule has 0 saturated carbocycles. The minimum Gasteiger partial charge on any atom is -0.466 e. The van der Waals surface area contributed by atoms with Gasteiger partial charge in [0.05, 0.1) is 5.54 Å². The van der Waals surface area contributed by atoms with Crippen molar-refractivity contribution in [1.29, 1.82) is 0 Å². The number of halogens is 4. The highest BCUT2D eigenvalue weighted by molar-refractivity contribution is 5.19. The fourth-order valence-corrected chi connectivity index (χ4v) is 1.26. The average molecular weight is 281 g/mol. The quantitative estimate of drug-likeness (QED) is 0.858. The van der Waals surface area contributed by atoms with Crippen molar-refractivity contribution in [3.63, 3.8) is 0 Å². The van der Waals surface area contributed by atoms with E-state index in [0.717, 1.165) is 6.07 Å². The number of aromatic nitrogens is 1. The van der Waals surface area contributed by atoms with Crippen LogP contribution in [0.3, 0.4) is 0 Å². The zero-order valence-corrected chi connectivity index (χ0v) is 11.0. The summed E-state index contributed by atoms with van der Waals surface area (Å²) in [4.78, 5) is 3.56. The third-order valence-electron chi connectivity index (χ3n) is 2.19. The Labute approximate surface area is 109 Å². The molecular formula is C12H17F4N2O+. The van der Waals surface area contributed by atoms with Crippen LogP contribution >= 0.6 is 0 Å². The molecule has 19 heavy (non-hydrogen) atoms. The normalized spacial score (nSPS) is 12.6. The van der Waals surface area contributed by atoms with Gasteiger partial charge in [-0.25, -0.2) is 9.37 Å². The molecule has 0 atom stereocenters. The lowest BCUT2D eigenvalue weighted by molar-refractivity contribution is -0.731. The summed E-state index contributed by atoms with van der Waals surface area (Å²) < 4.78 is 53.5. The molecule has 0 aromatic carbocycles. The molecule has 7 heteroatoms. The van der Waals surface area contributed by atoms with E-state index in [-0.39, 0.29) is 5.54 Å². The van der Waals surface area contributed by atoms with Crippen molar-refractivity contribution in [2.24, 2.45) is 0 Å². The van der Waals surface area contributed by atoms with Crippen molar-refractivity contribution in [2.75, 3.05) is 6.61 Å². The molecule has 3 nitrogen and oxygen atoms in total. The van der Waals surface area contributed by atoms with Crippen molar-refractivity contribution in [3.05, 3.63) is 23.6 Å². The Hall–Kier alpha value is -1.37. The van der Waals surface area contributed by atoms with Crippen molar-refractivity contribution in [1.82, 2.24) is 4.98 Å². The number of nitrogens with zero attached hydrogens (tertiary/aromatic N) is 1. The van der Waals surface area contributed by atoms with Gasteiger partial charge in [0.2, 0.25) is 0 Å². The first-order valence-corrected chi connectivity index (χ1v) is 5.75. The van der Waals surface area contributed by atoms with Crippen LogP contribution in [0.15, 0.2) is 12.3 Å². The van der Waals surface area contributed by atoms with Gasteiger partial charge in [0.25, 0.3) is 5.88 Å². The largest absolute Gasteiger partial charge is 0.466 e. The number of hydrogen-bond acceptors (Lipinski definition) is 2. The number of ether oxygens (including phenoxy) is 1. The number of quaternary nitrogens is 1. The monoisotopic (exact) mass is 281 g/mol. The summed E-state index contributed by atoms with van der Waals surface area (Å²) in [5, 5.41) is 1.97. The molecule has 0 radical (unpaired) electrons. The minimum absolute atomic E-state index is 0.0259. The number of pyridine rings is 1. The molecule has 1 heterocycles. The highest BCUT2D eigenvalue weighted by Gasteiger charge is 2.29. The maximum atomic E-state index is 13.5. The number of alkyl halides is 3. The first-order valence-electron chi connectivity index (χ1n) is 5.75. The van der Waals surface area contributed by atoms with Gasteiger partial charge in [0.1, 0.15) is 6.54 Å². The molecule has 0 aliphatic heterocycles. The smallest absolute Gasteiger partial charge is 0.422 e. The molecule has 0 spiro atoms. The molecule has 108 valence electrons. The van der Waals surface area contributed by atoms with Crippen LogP contribution in [0.25, 0.3) is 0 Å². The summed E-state index contributed by atoms with van der Waals surface area (Å²) in [5.41, 5.74) is 0.564. The van der Waals surface area contributed by atoms with E-state index in [1.54, 1.807) is 0 Å². The molecule has 2 N–H and O–H groups in total. The van der Waals surface area contributed by atoms with Gasteiger partial charge >= 0.3 is 6.18 Å². The summed E-state index contributed by atoms with van der Waals surface area (Å²) in [5.74, 6) is -1.51. The number of rotatable bonds is 4. The molecule has 0 unspecified atom stereocenters. The van der Waals surface area contributed by atoms with Crippen molar-refractivity contribution in [3.8, 4) is 5.88 Å². The number of hydrogen-bond donors (Lipinski definition) is 1. The third kappa shape index (κ3) is 6.37. The summed E-state index contributed by atoms with van der Waals surface area (Å²) in [7, 11) is 0. The average Bonchev–Trinajstić information content (AvgIpc) is 2.22. The highest BCUT2D eigenvalue weighted by atomic mass is 19.4. The van der Waals surface area contributed by atoms with Crippen LogP contribution in [-0.2, 0) is 6.54 Å². The Bertz CT molecular complexity index is 427. The van der Waals surface area contributed by atoms with E-state index in [2.05, 4.69) is 9.72 Å². The molecule has 0 fully saturated rings. The van der Waals surface area contributed by atoms with E-state index in [1.807, 2.05) is 26.1 Å². The van der Waals surface area contributed by atoms with E-state index in [4.69, 9.17) is 0 Å². The van der Waals surface area contributed by atoms with Gasteiger partial charge in [-0.1, -0.05) is 0 Å². The Balaban J connectivity index is 2.64.